The van der Waals surface area contributed by atoms with Gasteiger partial charge < -0.3 is 25.4 Å². The van der Waals surface area contributed by atoms with E-state index < -0.39 is 47.1 Å². The third kappa shape index (κ3) is 7.20. The number of rotatable bonds is 12. The van der Waals surface area contributed by atoms with Crippen LogP contribution in [0.2, 0.25) is 0 Å². The van der Waals surface area contributed by atoms with Gasteiger partial charge in [0.1, 0.15) is 22.8 Å². The van der Waals surface area contributed by atoms with E-state index in [9.17, 15) is 19.2 Å². The SMILES string of the molecule is C/C=C\C1=C(C(=O)OC(C)OC(C)=O)N2C(=O)C(NC(=O)/C(=N/OC(c3ccccc3)(c3ccccc3)c3ccccc3)c3csc(N)n3)[C@H]2SC1. The van der Waals surface area contributed by atoms with E-state index in [1.165, 1.54) is 30.5 Å². The fourth-order valence-corrected chi connectivity index (χ4v) is 7.89. The van der Waals surface area contributed by atoms with E-state index in [0.29, 0.717) is 11.3 Å². The van der Waals surface area contributed by atoms with Crippen molar-refractivity contribution < 1.29 is 33.5 Å². The Balaban J connectivity index is 1.34. The van der Waals surface area contributed by atoms with Crippen LogP contribution in [0.3, 0.4) is 0 Å². The number of anilines is 1. The normalized spacial score (nSPS) is 17.9. The summed E-state index contributed by atoms with van der Waals surface area (Å²) in [7, 11) is 0. The standard InChI is InChI=1S/C38H35N5O7S2/c1-4-14-25-21-51-35-31(34(46)43(35)32(25)36(47)49-24(3)48-23(2)44)41-33(45)30(29-22-52-37(39)40-29)42-50-38(26-15-8-5-9-16-26,27-17-10-6-11-18-27)28-19-12-7-13-20-28/h4-20,22,24,31,35H,21H2,1-3H3,(H2,39,40)(H,41,45)/b14-4-,42-30+/t24?,31?,35-/m1/s1. The Morgan fingerprint density at radius 2 is 1.56 bits per heavy atom. The highest BCUT2D eigenvalue weighted by atomic mass is 32.2. The number of ether oxygens (including phenoxy) is 2. The van der Waals surface area contributed by atoms with Crippen molar-refractivity contribution in [3.63, 3.8) is 0 Å². The minimum absolute atomic E-state index is 0.0132. The maximum absolute atomic E-state index is 14.2. The zero-order chi connectivity index (χ0) is 36.8. The van der Waals surface area contributed by atoms with Crippen LogP contribution < -0.4 is 11.1 Å². The second-order valence-corrected chi connectivity index (χ2v) is 13.7. The number of benzene rings is 3. The highest BCUT2D eigenvalue weighted by Gasteiger charge is 2.55. The molecule has 2 amide bonds. The van der Waals surface area contributed by atoms with Crippen LogP contribution in [0.25, 0.3) is 0 Å². The van der Waals surface area contributed by atoms with Crippen LogP contribution in [0.1, 0.15) is 43.2 Å². The molecule has 14 heteroatoms. The number of allylic oxidation sites excluding steroid dienone is 2. The number of oxime groups is 1. The van der Waals surface area contributed by atoms with Gasteiger partial charge in [-0.3, -0.25) is 19.3 Å². The third-order valence-corrected chi connectivity index (χ3v) is 10.2. The molecule has 1 aromatic heterocycles. The highest BCUT2D eigenvalue weighted by Crippen LogP contribution is 2.42. The minimum atomic E-state index is -1.30. The molecule has 0 aliphatic carbocycles. The van der Waals surface area contributed by atoms with Crippen LogP contribution in [-0.4, -0.2) is 62.8 Å². The molecule has 2 aliphatic heterocycles. The van der Waals surface area contributed by atoms with E-state index in [0.717, 1.165) is 28.0 Å². The first kappa shape index (κ1) is 36.1. The lowest BCUT2D eigenvalue weighted by Gasteiger charge is -2.49. The predicted molar refractivity (Wildman–Crippen MR) is 198 cm³/mol. The van der Waals surface area contributed by atoms with Crippen molar-refractivity contribution in [1.29, 1.82) is 0 Å². The quantitative estimate of drug-likeness (QED) is 0.0499. The summed E-state index contributed by atoms with van der Waals surface area (Å²) in [6, 6.07) is 27.5. The Morgan fingerprint density at radius 1 is 0.981 bits per heavy atom. The van der Waals surface area contributed by atoms with E-state index in [-0.39, 0.29) is 22.2 Å². The number of carbonyl (C=O) groups excluding carboxylic acids is 4. The highest BCUT2D eigenvalue weighted by molar-refractivity contribution is 8.00. The van der Waals surface area contributed by atoms with Crippen molar-refractivity contribution in [1.82, 2.24) is 15.2 Å². The molecule has 0 saturated carbocycles. The van der Waals surface area contributed by atoms with Crippen LogP contribution in [-0.2, 0) is 39.1 Å². The zero-order valence-electron chi connectivity index (χ0n) is 28.4. The maximum Gasteiger partial charge on any atom is 0.358 e. The van der Waals surface area contributed by atoms with Gasteiger partial charge in [0.2, 0.25) is 11.9 Å². The molecule has 4 aromatic rings. The number of hydrogen-bond donors (Lipinski definition) is 2. The molecule has 12 nitrogen and oxygen atoms in total. The van der Waals surface area contributed by atoms with Gasteiger partial charge in [-0.15, -0.1) is 23.1 Å². The Kier molecular flexibility index (Phi) is 10.9. The number of carbonyl (C=O) groups is 4. The van der Waals surface area contributed by atoms with Crippen molar-refractivity contribution in [2.75, 3.05) is 11.5 Å². The first-order valence-electron chi connectivity index (χ1n) is 16.3. The number of hydrogen-bond acceptors (Lipinski definition) is 12. The Morgan fingerprint density at radius 3 is 2.06 bits per heavy atom. The summed E-state index contributed by atoms with van der Waals surface area (Å²) in [6.45, 7) is 4.38. The molecule has 0 spiro atoms. The van der Waals surface area contributed by atoms with Gasteiger partial charge in [0.25, 0.3) is 11.8 Å². The lowest BCUT2D eigenvalue weighted by Crippen LogP contribution is -2.71. The largest absolute Gasteiger partial charge is 0.426 e. The maximum atomic E-state index is 14.2. The third-order valence-electron chi connectivity index (χ3n) is 8.24. The van der Waals surface area contributed by atoms with Crippen LogP contribution in [0.5, 0.6) is 0 Å². The van der Waals surface area contributed by atoms with E-state index in [2.05, 4.69) is 15.5 Å². The lowest BCUT2D eigenvalue weighted by atomic mass is 9.80. The van der Waals surface area contributed by atoms with E-state index in [1.807, 2.05) is 91.0 Å². The molecule has 0 radical (unpaired) electrons. The molecule has 1 saturated heterocycles. The minimum Gasteiger partial charge on any atom is -0.426 e. The lowest BCUT2D eigenvalue weighted by molar-refractivity contribution is -0.182. The molecule has 52 heavy (non-hydrogen) atoms. The summed E-state index contributed by atoms with van der Waals surface area (Å²) in [5.41, 5.74) is 7.47. The van der Waals surface area contributed by atoms with Gasteiger partial charge in [-0.1, -0.05) is 108 Å². The van der Waals surface area contributed by atoms with Crippen LogP contribution >= 0.6 is 23.1 Å². The number of nitrogens with zero attached hydrogens (tertiary/aromatic N) is 3. The summed E-state index contributed by atoms with van der Waals surface area (Å²) in [6.07, 6.45) is 2.27. The monoisotopic (exact) mass is 737 g/mol. The Hall–Kier alpha value is -5.73. The van der Waals surface area contributed by atoms with Crippen molar-refractivity contribution in [2.24, 2.45) is 5.16 Å². The summed E-state index contributed by atoms with van der Waals surface area (Å²) in [5, 5.41) is 8.46. The van der Waals surface area contributed by atoms with Crippen molar-refractivity contribution >= 4 is 57.7 Å². The second kappa shape index (κ2) is 15.7. The van der Waals surface area contributed by atoms with Crippen molar-refractivity contribution in [2.45, 2.75) is 44.1 Å². The summed E-state index contributed by atoms with van der Waals surface area (Å²) in [4.78, 5) is 64.9. The number of nitrogens with two attached hydrogens (primary N) is 1. The van der Waals surface area contributed by atoms with Gasteiger partial charge in [-0.05, 0) is 12.5 Å². The molecule has 266 valence electrons. The van der Waals surface area contributed by atoms with Gasteiger partial charge in [0.15, 0.2) is 10.8 Å². The fourth-order valence-electron chi connectivity index (χ4n) is 6.03. The van der Waals surface area contributed by atoms with Gasteiger partial charge in [-0.25, -0.2) is 9.78 Å². The smallest absolute Gasteiger partial charge is 0.358 e. The number of esters is 2. The molecule has 6 rings (SSSR count). The van der Waals surface area contributed by atoms with E-state index in [1.54, 1.807) is 24.5 Å². The van der Waals surface area contributed by atoms with E-state index in [4.69, 9.17) is 20.0 Å². The van der Waals surface area contributed by atoms with Crippen LogP contribution in [0.15, 0.2) is 125 Å². The average Bonchev–Trinajstić information content (AvgIpc) is 3.58. The molecule has 3 atom stereocenters. The molecule has 1 fully saturated rings. The fraction of sp³-hybridized carbons (Fsp3) is 0.211. The molecule has 2 unspecified atom stereocenters. The zero-order valence-corrected chi connectivity index (χ0v) is 30.1. The predicted octanol–water partition coefficient (Wildman–Crippen LogP) is 5.12. The number of nitrogen functional groups attached to an aromatic ring is 1. The Bertz CT molecular complexity index is 1950. The number of nitrogens with one attached hydrogen (secondary N) is 1. The molecule has 3 N–H and O–H groups in total. The summed E-state index contributed by atoms with van der Waals surface area (Å²) >= 11 is 2.49. The molecule has 3 heterocycles. The number of aromatic nitrogens is 1. The molecule has 3 aromatic carbocycles. The van der Waals surface area contributed by atoms with Crippen LogP contribution in [0, 0.1) is 0 Å². The van der Waals surface area contributed by atoms with Crippen molar-refractivity contribution in [3.8, 4) is 0 Å². The molecular weight excluding hydrogens is 703 g/mol. The van der Waals surface area contributed by atoms with E-state index >= 15 is 0 Å². The second-order valence-electron chi connectivity index (χ2n) is 11.7. The first-order valence-corrected chi connectivity index (χ1v) is 18.2. The van der Waals surface area contributed by atoms with Gasteiger partial charge in [0, 0.05) is 41.7 Å². The number of thiazole rings is 1. The number of thioether (sulfide) groups is 1. The molecule has 2 aliphatic rings. The molecular formula is C38H35N5O7S2. The van der Waals surface area contributed by atoms with Crippen molar-refractivity contribution in [3.05, 3.63) is 142 Å². The summed E-state index contributed by atoms with van der Waals surface area (Å²) in [5.74, 6) is -2.39. The average molecular weight is 738 g/mol. The van der Waals surface area contributed by atoms with Gasteiger partial charge in [-0.2, -0.15) is 0 Å². The first-order chi connectivity index (χ1) is 25.1. The Labute approximate surface area is 308 Å². The molecule has 0 bridgehead atoms. The number of amides is 2. The van der Waals surface area contributed by atoms with Crippen LogP contribution in [0.4, 0.5) is 5.13 Å². The van der Waals surface area contributed by atoms with Gasteiger partial charge in [0.05, 0.1) is 0 Å². The number of β-lactam (4-membered cyclic amide) rings is 1. The summed E-state index contributed by atoms with van der Waals surface area (Å²) < 4.78 is 10.3. The topological polar surface area (TPSA) is 163 Å². The number of fused-ring (bicyclic) bond motifs is 1. The van der Waals surface area contributed by atoms with Gasteiger partial charge >= 0.3 is 11.9 Å².